The number of carbonyl (C=O) groups excluding carboxylic acids is 1. The Morgan fingerprint density at radius 1 is 1.07 bits per heavy atom. The zero-order chi connectivity index (χ0) is 20.4. The Morgan fingerprint density at radius 3 is 2.52 bits per heavy atom. The van der Waals surface area contributed by atoms with Crippen LogP contribution in [0.25, 0.3) is 11.0 Å². The van der Waals surface area contributed by atoms with Crippen LogP contribution in [0.1, 0.15) is 12.8 Å². The van der Waals surface area contributed by atoms with E-state index >= 15 is 0 Å². The van der Waals surface area contributed by atoms with E-state index in [2.05, 4.69) is 0 Å². The molecule has 1 amide bonds. The summed E-state index contributed by atoms with van der Waals surface area (Å²) >= 11 is 12.0. The molecule has 6 nitrogen and oxygen atoms in total. The standard InChI is InChI=1S/C21H20Cl2N4O2/c1-26-10-11-27(21-20(26)24-16-5-2-3-6-17(16)25-21)19(28)7-4-12-29-18-9-8-14(22)13-15(18)23/h2-3,5-6,8-9,13H,4,7,10-12H2,1H3. The van der Waals surface area contributed by atoms with E-state index in [0.29, 0.717) is 54.2 Å². The minimum atomic E-state index is 0.00901. The van der Waals surface area contributed by atoms with E-state index < -0.39 is 0 Å². The van der Waals surface area contributed by atoms with Crippen molar-refractivity contribution < 1.29 is 9.53 Å². The first-order chi connectivity index (χ1) is 14.0. The van der Waals surface area contributed by atoms with Crippen molar-refractivity contribution >= 4 is 51.8 Å². The zero-order valence-electron chi connectivity index (χ0n) is 15.9. The van der Waals surface area contributed by atoms with Gasteiger partial charge in [0.2, 0.25) is 5.91 Å². The lowest BCUT2D eigenvalue weighted by molar-refractivity contribution is -0.118. The second-order valence-corrected chi connectivity index (χ2v) is 7.70. The average molecular weight is 431 g/mol. The third-order valence-electron chi connectivity index (χ3n) is 4.80. The number of halogens is 2. The molecule has 4 rings (SSSR count). The van der Waals surface area contributed by atoms with E-state index in [9.17, 15) is 4.79 Å². The number of likely N-dealkylation sites (N-methyl/N-ethyl adjacent to an activating group) is 1. The van der Waals surface area contributed by atoms with Crippen molar-refractivity contribution in [3.63, 3.8) is 0 Å². The van der Waals surface area contributed by atoms with Crippen molar-refractivity contribution in [2.75, 3.05) is 36.5 Å². The van der Waals surface area contributed by atoms with Gasteiger partial charge in [-0.3, -0.25) is 9.69 Å². The average Bonchev–Trinajstić information content (AvgIpc) is 2.71. The number of hydrogen-bond donors (Lipinski definition) is 0. The maximum absolute atomic E-state index is 12.9. The van der Waals surface area contributed by atoms with Crippen molar-refractivity contribution in [1.82, 2.24) is 9.97 Å². The summed E-state index contributed by atoms with van der Waals surface area (Å²) in [5, 5.41) is 1.01. The highest BCUT2D eigenvalue weighted by Gasteiger charge is 2.28. The predicted molar refractivity (Wildman–Crippen MR) is 116 cm³/mol. The van der Waals surface area contributed by atoms with Gasteiger partial charge < -0.3 is 9.64 Å². The topological polar surface area (TPSA) is 58.6 Å². The van der Waals surface area contributed by atoms with Crippen LogP contribution in [0.15, 0.2) is 42.5 Å². The maximum Gasteiger partial charge on any atom is 0.228 e. The van der Waals surface area contributed by atoms with Crippen molar-refractivity contribution in [2.45, 2.75) is 12.8 Å². The van der Waals surface area contributed by atoms with Gasteiger partial charge in [-0.1, -0.05) is 35.3 Å². The fourth-order valence-corrected chi connectivity index (χ4v) is 3.72. The van der Waals surface area contributed by atoms with Crippen LogP contribution in [0, 0.1) is 0 Å². The lowest BCUT2D eigenvalue weighted by atomic mass is 10.2. The number of ether oxygens (including phenoxy) is 1. The van der Waals surface area contributed by atoms with Crippen LogP contribution in [0.5, 0.6) is 5.75 Å². The molecule has 2 heterocycles. The molecule has 0 aliphatic carbocycles. The second-order valence-electron chi connectivity index (χ2n) is 6.85. The smallest absolute Gasteiger partial charge is 0.228 e. The molecule has 150 valence electrons. The first-order valence-electron chi connectivity index (χ1n) is 9.39. The summed E-state index contributed by atoms with van der Waals surface area (Å²) in [4.78, 5) is 26.0. The van der Waals surface area contributed by atoms with Gasteiger partial charge >= 0.3 is 0 Å². The Labute approximate surface area is 179 Å². The molecule has 0 bridgehead atoms. The minimum absolute atomic E-state index is 0.00901. The number of aromatic nitrogens is 2. The van der Waals surface area contributed by atoms with Crippen molar-refractivity contribution in [3.05, 3.63) is 52.5 Å². The molecule has 0 N–H and O–H groups in total. The summed E-state index contributed by atoms with van der Waals surface area (Å²) in [6.45, 7) is 1.68. The summed E-state index contributed by atoms with van der Waals surface area (Å²) < 4.78 is 5.68. The van der Waals surface area contributed by atoms with Gasteiger partial charge in [0.15, 0.2) is 11.6 Å². The molecule has 1 aromatic heterocycles. The molecule has 3 aromatic rings. The summed E-state index contributed by atoms with van der Waals surface area (Å²) in [5.41, 5.74) is 1.60. The van der Waals surface area contributed by atoms with E-state index in [1.165, 1.54) is 0 Å². The van der Waals surface area contributed by atoms with Crippen LogP contribution < -0.4 is 14.5 Å². The van der Waals surface area contributed by atoms with Crippen LogP contribution in [-0.2, 0) is 4.79 Å². The number of anilines is 2. The lowest BCUT2D eigenvalue weighted by Gasteiger charge is -2.33. The number of nitrogens with zero attached hydrogens (tertiary/aromatic N) is 4. The van der Waals surface area contributed by atoms with Gasteiger partial charge in [0, 0.05) is 31.6 Å². The summed E-state index contributed by atoms with van der Waals surface area (Å²) in [6, 6.07) is 12.8. The van der Waals surface area contributed by atoms with E-state index in [-0.39, 0.29) is 5.91 Å². The summed E-state index contributed by atoms with van der Waals surface area (Å²) in [7, 11) is 1.97. The molecule has 8 heteroatoms. The van der Waals surface area contributed by atoms with Crippen LogP contribution >= 0.6 is 23.2 Å². The summed E-state index contributed by atoms with van der Waals surface area (Å²) in [6.07, 6.45) is 0.920. The van der Waals surface area contributed by atoms with Crippen LogP contribution in [-0.4, -0.2) is 42.6 Å². The molecular formula is C21H20Cl2N4O2. The van der Waals surface area contributed by atoms with Gasteiger partial charge in [0.25, 0.3) is 0 Å². The molecular weight excluding hydrogens is 411 g/mol. The molecule has 0 radical (unpaired) electrons. The molecule has 2 aromatic carbocycles. The molecule has 0 saturated carbocycles. The van der Waals surface area contributed by atoms with Crippen LogP contribution in [0.2, 0.25) is 10.0 Å². The van der Waals surface area contributed by atoms with Crippen molar-refractivity contribution in [1.29, 1.82) is 0 Å². The van der Waals surface area contributed by atoms with Gasteiger partial charge in [-0.05, 0) is 36.8 Å². The second kappa shape index (κ2) is 8.43. The largest absolute Gasteiger partial charge is 0.492 e. The van der Waals surface area contributed by atoms with E-state index in [4.69, 9.17) is 37.9 Å². The number of para-hydroxylation sites is 2. The van der Waals surface area contributed by atoms with Crippen molar-refractivity contribution in [2.24, 2.45) is 0 Å². The number of rotatable bonds is 5. The molecule has 1 aliphatic rings. The fourth-order valence-electron chi connectivity index (χ4n) is 3.26. The Bertz CT molecular complexity index is 1060. The molecule has 0 fully saturated rings. The molecule has 29 heavy (non-hydrogen) atoms. The van der Waals surface area contributed by atoms with Crippen LogP contribution in [0.4, 0.5) is 11.6 Å². The van der Waals surface area contributed by atoms with Crippen molar-refractivity contribution in [3.8, 4) is 5.75 Å². The number of amides is 1. The monoisotopic (exact) mass is 430 g/mol. The highest BCUT2D eigenvalue weighted by atomic mass is 35.5. The van der Waals surface area contributed by atoms with Gasteiger partial charge in [-0.2, -0.15) is 0 Å². The van der Waals surface area contributed by atoms with Gasteiger partial charge in [0.1, 0.15) is 5.75 Å². The van der Waals surface area contributed by atoms with Gasteiger partial charge in [0.05, 0.1) is 22.7 Å². The number of fused-ring (bicyclic) bond motifs is 2. The van der Waals surface area contributed by atoms with E-state index in [1.807, 2.05) is 36.2 Å². The Morgan fingerprint density at radius 2 is 1.79 bits per heavy atom. The molecule has 0 saturated heterocycles. The predicted octanol–water partition coefficient (Wildman–Crippen LogP) is 4.58. The highest BCUT2D eigenvalue weighted by Crippen LogP contribution is 2.31. The molecule has 0 spiro atoms. The zero-order valence-corrected chi connectivity index (χ0v) is 17.5. The Balaban J connectivity index is 1.43. The van der Waals surface area contributed by atoms with Gasteiger partial charge in [-0.25, -0.2) is 9.97 Å². The Kier molecular flexibility index (Phi) is 5.74. The van der Waals surface area contributed by atoms with E-state index in [1.54, 1.807) is 23.1 Å². The third kappa shape index (κ3) is 4.23. The highest BCUT2D eigenvalue weighted by molar-refractivity contribution is 6.35. The normalized spacial score (nSPS) is 13.5. The number of carbonyl (C=O) groups is 1. The quantitative estimate of drug-likeness (QED) is 0.554. The molecule has 0 unspecified atom stereocenters. The first-order valence-corrected chi connectivity index (χ1v) is 10.1. The number of benzene rings is 2. The lowest BCUT2D eigenvalue weighted by Crippen LogP contribution is -2.43. The number of hydrogen-bond acceptors (Lipinski definition) is 5. The molecule has 0 atom stereocenters. The SMILES string of the molecule is CN1CCN(C(=O)CCCOc2ccc(Cl)cc2Cl)c2nc3ccccc3nc21. The summed E-state index contributed by atoms with van der Waals surface area (Å²) in [5.74, 6) is 1.91. The Hall–Kier alpha value is -2.57. The molecule has 1 aliphatic heterocycles. The third-order valence-corrected chi connectivity index (χ3v) is 5.33. The fraction of sp³-hybridized carbons (Fsp3) is 0.286. The van der Waals surface area contributed by atoms with Crippen LogP contribution in [0.3, 0.4) is 0 Å². The van der Waals surface area contributed by atoms with E-state index in [0.717, 1.165) is 16.9 Å². The maximum atomic E-state index is 12.9. The minimum Gasteiger partial charge on any atom is -0.492 e. The van der Waals surface area contributed by atoms with Gasteiger partial charge in [-0.15, -0.1) is 0 Å². The first kappa shape index (κ1) is 19.7.